The summed E-state index contributed by atoms with van der Waals surface area (Å²) in [5.74, 6) is -0.447. The minimum atomic E-state index is -0.447. The van der Waals surface area contributed by atoms with E-state index in [0.717, 1.165) is 0 Å². The Hall–Kier alpha value is -0.680. The number of rotatable bonds is 2. The van der Waals surface area contributed by atoms with Crippen LogP contribution in [0.3, 0.4) is 0 Å². The highest BCUT2D eigenvalue weighted by molar-refractivity contribution is 9.10. The van der Waals surface area contributed by atoms with Gasteiger partial charge in [-0.05, 0) is 40.2 Å². The summed E-state index contributed by atoms with van der Waals surface area (Å²) in [4.78, 5) is 0. The number of nitrogen functional groups attached to an aromatic ring is 1. The lowest BCUT2D eigenvalue weighted by Crippen LogP contribution is -1.97. The van der Waals surface area contributed by atoms with E-state index in [1.807, 2.05) is 0 Å². The van der Waals surface area contributed by atoms with E-state index < -0.39 is 5.82 Å². The standard InChI is InChI=1S/C12H7BrCl3FN2/c13-7-1-5(17)2-8(14)11(7)19-12-9(15)3-6(18)4-10(12)16/h1-4,19H,18H2. The molecule has 0 amide bonds. The highest BCUT2D eigenvalue weighted by Crippen LogP contribution is 2.39. The number of anilines is 3. The monoisotopic (exact) mass is 382 g/mol. The first-order chi connectivity index (χ1) is 8.88. The Morgan fingerprint density at radius 1 is 0.947 bits per heavy atom. The molecule has 3 N–H and O–H groups in total. The molecule has 0 bridgehead atoms. The number of hydrogen-bond donors (Lipinski definition) is 2. The zero-order chi connectivity index (χ0) is 14.2. The molecule has 0 aromatic heterocycles. The van der Waals surface area contributed by atoms with E-state index in [1.165, 1.54) is 12.1 Å². The van der Waals surface area contributed by atoms with Crippen molar-refractivity contribution in [2.75, 3.05) is 11.1 Å². The van der Waals surface area contributed by atoms with Gasteiger partial charge in [-0.25, -0.2) is 4.39 Å². The zero-order valence-electron chi connectivity index (χ0n) is 9.28. The number of benzene rings is 2. The van der Waals surface area contributed by atoms with Crippen LogP contribution in [-0.2, 0) is 0 Å². The molecule has 0 aliphatic heterocycles. The highest BCUT2D eigenvalue weighted by atomic mass is 79.9. The average molecular weight is 384 g/mol. The van der Waals surface area contributed by atoms with E-state index in [0.29, 0.717) is 31.6 Å². The predicted molar refractivity (Wildman–Crippen MR) is 83.3 cm³/mol. The molecule has 0 spiro atoms. The largest absolute Gasteiger partial charge is 0.399 e. The molecular formula is C12H7BrCl3FN2. The molecule has 0 atom stereocenters. The van der Waals surface area contributed by atoms with Crippen molar-refractivity contribution in [3.8, 4) is 0 Å². The lowest BCUT2D eigenvalue weighted by molar-refractivity contribution is 0.627. The number of nitrogens with two attached hydrogens (primary N) is 1. The second-order valence-electron chi connectivity index (χ2n) is 3.73. The van der Waals surface area contributed by atoms with Gasteiger partial charge in [-0.1, -0.05) is 34.8 Å². The van der Waals surface area contributed by atoms with Crippen LogP contribution in [0.25, 0.3) is 0 Å². The summed E-state index contributed by atoms with van der Waals surface area (Å²) in [6, 6.07) is 5.59. The van der Waals surface area contributed by atoms with E-state index in [1.54, 1.807) is 12.1 Å². The van der Waals surface area contributed by atoms with Gasteiger partial charge in [0.25, 0.3) is 0 Å². The molecule has 0 unspecified atom stereocenters. The van der Waals surface area contributed by atoms with Crippen molar-refractivity contribution in [2.45, 2.75) is 0 Å². The predicted octanol–water partition coefficient (Wildman–Crippen LogP) is 5.87. The van der Waals surface area contributed by atoms with Gasteiger partial charge in [0, 0.05) is 10.2 Å². The van der Waals surface area contributed by atoms with E-state index in [9.17, 15) is 4.39 Å². The topological polar surface area (TPSA) is 38.0 Å². The summed E-state index contributed by atoms with van der Waals surface area (Å²) in [7, 11) is 0. The Kier molecular flexibility index (Phi) is 4.46. The maximum atomic E-state index is 13.1. The molecule has 0 heterocycles. The Morgan fingerprint density at radius 2 is 1.47 bits per heavy atom. The van der Waals surface area contributed by atoms with Crippen molar-refractivity contribution >= 4 is 67.8 Å². The highest BCUT2D eigenvalue weighted by Gasteiger charge is 2.13. The minimum Gasteiger partial charge on any atom is -0.399 e. The maximum Gasteiger partial charge on any atom is 0.125 e. The van der Waals surface area contributed by atoms with Crippen LogP contribution in [0, 0.1) is 5.82 Å². The van der Waals surface area contributed by atoms with Crippen LogP contribution in [-0.4, -0.2) is 0 Å². The fraction of sp³-hybridized carbons (Fsp3) is 0. The Bertz CT molecular complexity index is 547. The van der Waals surface area contributed by atoms with E-state index >= 15 is 0 Å². The second-order valence-corrected chi connectivity index (χ2v) is 5.80. The SMILES string of the molecule is Nc1cc(Cl)c(Nc2c(Cl)cc(F)cc2Br)c(Cl)c1. The minimum absolute atomic E-state index is 0.204. The smallest absolute Gasteiger partial charge is 0.125 e. The van der Waals surface area contributed by atoms with Crippen molar-refractivity contribution in [1.29, 1.82) is 0 Å². The maximum absolute atomic E-state index is 13.1. The first kappa shape index (κ1) is 14.7. The van der Waals surface area contributed by atoms with Crippen LogP contribution in [0.4, 0.5) is 21.5 Å². The normalized spacial score (nSPS) is 10.6. The zero-order valence-corrected chi connectivity index (χ0v) is 13.1. The summed E-state index contributed by atoms with van der Waals surface area (Å²) >= 11 is 21.3. The number of halogens is 5. The first-order valence-corrected chi connectivity index (χ1v) is 6.97. The molecule has 0 fully saturated rings. The third-order valence-electron chi connectivity index (χ3n) is 2.32. The van der Waals surface area contributed by atoms with E-state index in [-0.39, 0.29) is 5.02 Å². The fourth-order valence-electron chi connectivity index (χ4n) is 1.50. The fourth-order valence-corrected chi connectivity index (χ4v) is 3.00. The molecule has 2 aromatic rings. The van der Waals surface area contributed by atoms with Crippen molar-refractivity contribution < 1.29 is 4.39 Å². The Balaban J connectivity index is 2.48. The van der Waals surface area contributed by atoms with Crippen LogP contribution in [0.5, 0.6) is 0 Å². The summed E-state index contributed by atoms with van der Waals surface area (Å²) in [5, 5.41) is 3.86. The van der Waals surface area contributed by atoms with Crippen molar-refractivity contribution in [1.82, 2.24) is 0 Å². The van der Waals surface area contributed by atoms with Gasteiger partial charge >= 0.3 is 0 Å². The van der Waals surface area contributed by atoms with Gasteiger partial charge in [-0.15, -0.1) is 0 Å². The number of nitrogens with one attached hydrogen (secondary N) is 1. The van der Waals surface area contributed by atoms with Crippen LogP contribution < -0.4 is 11.1 Å². The molecule has 2 rings (SSSR count). The van der Waals surface area contributed by atoms with Crippen molar-refractivity contribution in [2.24, 2.45) is 0 Å². The summed E-state index contributed by atoms with van der Waals surface area (Å²) in [6.07, 6.45) is 0. The summed E-state index contributed by atoms with van der Waals surface area (Å²) < 4.78 is 13.6. The van der Waals surface area contributed by atoms with Crippen molar-refractivity contribution in [3.05, 3.63) is 49.6 Å². The first-order valence-electron chi connectivity index (χ1n) is 5.04. The quantitative estimate of drug-likeness (QED) is 0.635. The molecule has 19 heavy (non-hydrogen) atoms. The van der Waals surface area contributed by atoms with Crippen LogP contribution >= 0.6 is 50.7 Å². The van der Waals surface area contributed by atoms with Crippen molar-refractivity contribution in [3.63, 3.8) is 0 Å². The molecule has 0 saturated heterocycles. The molecule has 0 aliphatic carbocycles. The summed E-state index contributed by atoms with van der Waals surface area (Å²) in [6.45, 7) is 0. The molecule has 2 nitrogen and oxygen atoms in total. The lowest BCUT2D eigenvalue weighted by Gasteiger charge is -2.14. The van der Waals surface area contributed by atoms with Gasteiger partial charge in [0.2, 0.25) is 0 Å². The Morgan fingerprint density at radius 3 is 2.00 bits per heavy atom. The van der Waals surface area contributed by atoms with Gasteiger partial charge in [-0.3, -0.25) is 0 Å². The molecular weight excluding hydrogens is 377 g/mol. The summed E-state index contributed by atoms with van der Waals surface area (Å²) in [5.41, 5.74) is 6.99. The van der Waals surface area contributed by atoms with Crippen LogP contribution in [0.15, 0.2) is 28.7 Å². The third-order valence-corrected chi connectivity index (χ3v) is 3.84. The van der Waals surface area contributed by atoms with E-state index in [2.05, 4.69) is 21.2 Å². The number of hydrogen-bond acceptors (Lipinski definition) is 2. The van der Waals surface area contributed by atoms with Gasteiger partial charge in [-0.2, -0.15) is 0 Å². The van der Waals surface area contributed by atoms with Crippen LogP contribution in [0.1, 0.15) is 0 Å². The molecule has 100 valence electrons. The molecule has 7 heteroatoms. The van der Waals surface area contributed by atoms with E-state index in [4.69, 9.17) is 40.5 Å². The average Bonchev–Trinajstić information content (AvgIpc) is 2.25. The van der Waals surface area contributed by atoms with Gasteiger partial charge in [0.05, 0.1) is 26.4 Å². The lowest BCUT2D eigenvalue weighted by atomic mass is 10.2. The van der Waals surface area contributed by atoms with Crippen LogP contribution in [0.2, 0.25) is 15.1 Å². The molecule has 0 radical (unpaired) electrons. The third kappa shape index (κ3) is 3.26. The second kappa shape index (κ2) is 5.75. The van der Waals surface area contributed by atoms with Gasteiger partial charge in [0.15, 0.2) is 0 Å². The Labute approximate surface area is 132 Å². The van der Waals surface area contributed by atoms with Gasteiger partial charge < -0.3 is 11.1 Å². The molecule has 0 saturated carbocycles. The molecule has 0 aliphatic rings. The van der Waals surface area contributed by atoms with Gasteiger partial charge in [0.1, 0.15) is 5.82 Å². The molecule has 2 aromatic carbocycles.